The van der Waals surface area contributed by atoms with Gasteiger partial charge < -0.3 is 9.84 Å². The van der Waals surface area contributed by atoms with E-state index in [1.807, 2.05) is 0 Å². The summed E-state index contributed by atoms with van der Waals surface area (Å²) < 4.78 is 17.2. The molecule has 0 spiro atoms. The van der Waals surface area contributed by atoms with Crippen molar-refractivity contribution >= 4 is 32.7 Å². The zero-order valence-corrected chi connectivity index (χ0v) is 11.0. The summed E-state index contributed by atoms with van der Waals surface area (Å²) in [6.45, 7) is 0. The first kappa shape index (κ1) is 13.2. The van der Waals surface area contributed by atoms with Crippen molar-refractivity contribution in [2.75, 3.05) is 12.9 Å². The maximum atomic E-state index is 11.4. The monoisotopic (exact) mass is 306 g/mol. The van der Waals surface area contributed by atoms with Gasteiger partial charge in [-0.05, 0) is 33.6 Å². The number of methoxy groups -OCH3 is 1. The Morgan fingerprint density at radius 1 is 1.56 bits per heavy atom. The number of carboxylic acids is 1. The van der Waals surface area contributed by atoms with Crippen LogP contribution in [0.3, 0.4) is 0 Å². The SMILES string of the molecule is COc1ccc(CS(=O)CC(=O)O)cc1Br. The van der Waals surface area contributed by atoms with Gasteiger partial charge in [0, 0.05) is 16.6 Å². The van der Waals surface area contributed by atoms with Crippen LogP contribution in [0.2, 0.25) is 0 Å². The second kappa shape index (κ2) is 6.00. The first-order chi connectivity index (χ1) is 7.52. The Labute approximate surface area is 104 Å². The van der Waals surface area contributed by atoms with E-state index in [0.717, 1.165) is 10.0 Å². The average Bonchev–Trinajstić information content (AvgIpc) is 2.16. The number of carboxylic acid groups (broad SMARTS) is 1. The van der Waals surface area contributed by atoms with Crippen molar-refractivity contribution in [1.82, 2.24) is 0 Å². The summed E-state index contributed by atoms with van der Waals surface area (Å²) in [5.74, 6) is -0.461. The van der Waals surface area contributed by atoms with Crippen molar-refractivity contribution in [1.29, 1.82) is 0 Å². The fraction of sp³-hybridized carbons (Fsp3) is 0.300. The summed E-state index contributed by atoms with van der Waals surface area (Å²) in [5.41, 5.74) is 0.812. The van der Waals surface area contributed by atoms with Crippen molar-refractivity contribution < 1.29 is 18.8 Å². The van der Waals surface area contributed by atoms with Gasteiger partial charge in [-0.2, -0.15) is 0 Å². The number of rotatable bonds is 5. The average molecular weight is 307 g/mol. The highest BCUT2D eigenvalue weighted by Gasteiger charge is 2.08. The van der Waals surface area contributed by atoms with Crippen molar-refractivity contribution in [2.24, 2.45) is 0 Å². The lowest BCUT2D eigenvalue weighted by Crippen LogP contribution is -2.10. The van der Waals surface area contributed by atoms with Gasteiger partial charge in [0.05, 0.1) is 11.6 Å². The molecule has 0 bridgehead atoms. The Balaban J connectivity index is 2.71. The summed E-state index contributed by atoms with van der Waals surface area (Å²) >= 11 is 3.31. The Bertz CT molecular complexity index is 419. The number of benzene rings is 1. The maximum absolute atomic E-state index is 11.4. The van der Waals surface area contributed by atoms with Gasteiger partial charge in [-0.15, -0.1) is 0 Å². The Hall–Kier alpha value is -0.880. The van der Waals surface area contributed by atoms with Crippen LogP contribution in [0.5, 0.6) is 5.75 Å². The molecule has 0 aliphatic heterocycles. The summed E-state index contributed by atoms with van der Waals surface area (Å²) in [4.78, 5) is 10.3. The third kappa shape index (κ3) is 3.94. The van der Waals surface area contributed by atoms with E-state index in [9.17, 15) is 9.00 Å². The zero-order valence-electron chi connectivity index (χ0n) is 8.60. The van der Waals surface area contributed by atoms with Gasteiger partial charge in [0.2, 0.25) is 0 Å². The predicted molar refractivity (Wildman–Crippen MR) is 65.0 cm³/mol. The molecule has 1 unspecified atom stereocenters. The Morgan fingerprint density at radius 2 is 2.25 bits per heavy atom. The molecule has 0 aliphatic rings. The van der Waals surface area contributed by atoms with Gasteiger partial charge in [-0.1, -0.05) is 6.07 Å². The van der Waals surface area contributed by atoms with E-state index in [1.165, 1.54) is 0 Å². The number of aliphatic carboxylic acids is 1. The van der Waals surface area contributed by atoms with Gasteiger partial charge in [0.1, 0.15) is 11.5 Å². The Kier molecular flexibility index (Phi) is 4.95. The molecule has 6 heteroatoms. The minimum atomic E-state index is -1.38. The van der Waals surface area contributed by atoms with Gasteiger partial charge >= 0.3 is 5.97 Å². The van der Waals surface area contributed by atoms with Crippen LogP contribution >= 0.6 is 15.9 Å². The minimum absolute atomic E-state index is 0.231. The fourth-order valence-corrected chi connectivity index (χ4v) is 2.69. The van der Waals surface area contributed by atoms with Crippen LogP contribution in [0.25, 0.3) is 0 Å². The van der Waals surface area contributed by atoms with Gasteiger partial charge in [0.25, 0.3) is 0 Å². The molecule has 1 N–H and O–H groups in total. The molecule has 0 aromatic heterocycles. The molecule has 1 rings (SSSR count). The first-order valence-electron chi connectivity index (χ1n) is 4.42. The summed E-state index contributed by atoms with van der Waals surface area (Å²) in [6, 6.07) is 5.29. The molecule has 0 heterocycles. The molecule has 1 atom stereocenters. The molecule has 88 valence electrons. The number of ether oxygens (including phenoxy) is 1. The molecule has 0 radical (unpaired) electrons. The van der Waals surface area contributed by atoms with E-state index in [1.54, 1.807) is 25.3 Å². The molecule has 0 fully saturated rings. The smallest absolute Gasteiger partial charge is 0.316 e. The first-order valence-corrected chi connectivity index (χ1v) is 6.70. The molecular formula is C10H11BrO4S. The summed E-state index contributed by atoms with van der Waals surface area (Å²) in [7, 11) is 0.179. The normalized spacial score (nSPS) is 12.1. The third-order valence-corrected chi connectivity index (χ3v) is 3.67. The lowest BCUT2D eigenvalue weighted by atomic mass is 10.2. The van der Waals surface area contributed by atoms with Crippen molar-refractivity contribution in [3.8, 4) is 5.75 Å². The van der Waals surface area contributed by atoms with E-state index >= 15 is 0 Å². The second-order valence-corrected chi connectivity index (χ2v) is 5.40. The van der Waals surface area contributed by atoms with E-state index < -0.39 is 16.8 Å². The molecular weight excluding hydrogens is 296 g/mol. The fourth-order valence-electron chi connectivity index (χ4n) is 1.17. The molecule has 1 aromatic rings. The van der Waals surface area contributed by atoms with Crippen LogP contribution in [0.4, 0.5) is 0 Å². The standard InChI is InChI=1S/C10H11BrO4S/c1-15-9-3-2-7(4-8(9)11)5-16(14)6-10(12)13/h2-4H,5-6H2,1H3,(H,12,13). The maximum Gasteiger partial charge on any atom is 0.316 e. The highest BCUT2D eigenvalue weighted by atomic mass is 79.9. The topological polar surface area (TPSA) is 63.6 Å². The van der Waals surface area contributed by atoms with E-state index in [4.69, 9.17) is 9.84 Å². The van der Waals surface area contributed by atoms with Crippen molar-refractivity contribution in [3.05, 3.63) is 28.2 Å². The van der Waals surface area contributed by atoms with E-state index in [2.05, 4.69) is 15.9 Å². The van der Waals surface area contributed by atoms with E-state index in [-0.39, 0.29) is 11.5 Å². The number of hydrogen-bond donors (Lipinski definition) is 1. The molecule has 0 amide bonds. The van der Waals surface area contributed by atoms with Gasteiger partial charge in [-0.25, -0.2) is 0 Å². The van der Waals surface area contributed by atoms with Crippen LogP contribution in [0, 0.1) is 0 Å². The second-order valence-electron chi connectivity index (χ2n) is 3.09. The zero-order chi connectivity index (χ0) is 12.1. The highest BCUT2D eigenvalue weighted by molar-refractivity contribution is 9.10. The van der Waals surface area contributed by atoms with Gasteiger partial charge in [-0.3, -0.25) is 9.00 Å². The molecule has 0 saturated heterocycles. The number of hydrogen-bond acceptors (Lipinski definition) is 3. The summed E-state index contributed by atoms with van der Waals surface area (Å²) in [6.07, 6.45) is 0. The van der Waals surface area contributed by atoms with E-state index in [0.29, 0.717) is 5.75 Å². The predicted octanol–water partition coefficient (Wildman–Crippen LogP) is 1.79. The van der Waals surface area contributed by atoms with Crippen LogP contribution in [0.15, 0.2) is 22.7 Å². The molecule has 0 aliphatic carbocycles. The Morgan fingerprint density at radius 3 is 2.75 bits per heavy atom. The van der Waals surface area contributed by atoms with Crippen LogP contribution in [-0.4, -0.2) is 28.1 Å². The van der Waals surface area contributed by atoms with Crippen LogP contribution < -0.4 is 4.74 Å². The summed E-state index contributed by atoms with van der Waals surface area (Å²) in [5, 5.41) is 8.48. The van der Waals surface area contributed by atoms with Crippen LogP contribution in [0.1, 0.15) is 5.56 Å². The number of halogens is 1. The lowest BCUT2D eigenvalue weighted by molar-refractivity contribution is -0.133. The quantitative estimate of drug-likeness (QED) is 0.901. The number of carbonyl (C=O) groups is 1. The van der Waals surface area contributed by atoms with Crippen LogP contribution in [-0.2, 0) is 21.3 Å². The highest BCUT2D eigenvalue weighted by Crippen LogP contribution is 2.25. The largest absolute Gasteiger partial charge is 0.496 e. The third-order valence-electron chi connectivity index (χ3n) is 1.83. The molecule has 16 heavy (non-hydrogen) atoms. The molecule has 1 aromatic carbocycles. The minimum Gasteiger partial charge on any atom is -0.496 e. The van der Waals surface area contributed by atoms with Crippen molar-refractivity contribution in [3.63, 3.8) is 0 Å². The van der Waals surface area contributed by atoms with Crippen molar-refractivity contribution in [2.45, 2.75) is 5.75 Å². The molecule has 4 nitrogen and oxygen atoms in total. The molecule has 0 saturated carbocycles. The lowest BCUT2D eigenvalue weighted by Gasteiger charge is -2.05. The van der Waals surface area contributed by atoms with Gasteiger partial charge in [0.15, 0.2) is 0 Å².